The molecule has 56 heavy (non-hydrogen) atoms. The van der Waals surface area contributed by atoms with E-state index in [0.29, 0.717) is 0 Å². The lowest BCUT2D eigenvalue weighted by molar-refractivity contribution is 0.288. The summed E-state index contributed by atoms with van der Waals surface area (Å²) in [6.07, 6.45) is 8.29. The van der Waals surface area contributed by atoms with Crippen LogP contribution in [0.15, 0.2) is 146 Å². The Hall–Kier alpha value is -5.24. The van der Waals surface area contributed by atoms with Crippen molar-refractivity contribution in [2.24, 2.45) is 0 Å². The Morgan fingerprint density at radius 3 is 0.554 bits per heavy atom. The first kappa shape index (κ1) is 40.4. The van der Waals surface area contributed by atoms with Crippen molar-refractivity contribution in [3.63, 3.8) is 0 Å². The van der Waals surface area contributed by atoms with Crippen LogP contribution in [0.1, 0.15) is 59.1 Å². The Labute approximate surface area is 333 Å². The molecule has 0 spiro atoms. The van der Waals surface area contributed by atoms with Gasteiger partial charge in [-0.3, -0.25) is 0 Å². The minimum absolute atomic E-state index is 0.193. The van der Waals surface area contributed by atoms with E-state index in [1.54, 1.807) is 0 Å². The van der Waals surface area contributed by atoms with E-state index in [4.69, 9.17) is 0 Å². The Morgan fingerprint density at radius 1 is 0.232 bits per heavy atom. The summed E-state index contributed by atoms with van der Waals surface area (Å²) in [5.41, 5.74) is 13.9. The van der Waals surface area contributed by atoms with Gasteiger partial charge in [-0.25, -0.2) is 0 Å². The molecule has 0 amide bonds. The number of anilines is 6. The second-order valence-corrected chi connectivity index (χ2v) is 14.5. The average Bonchev–Trinajstić information content (AvgIpc) is 3.25. The zero-order valence-corrected chi connectivity index (χ0v) is 32.4. The van der Waals surface area contributed by atoms with Crippen molar-refractivity contribution in [2.45, 2.75) is 64.2 Å². The fourth-order valence-corrected chi connectivity index (χ4v) is 7.19. The van der Waals surface area contributed by atoms with Crippen LogP contribution in [0.5, 0.6) is 0 Å². The smallest absolute Gasteiger partial charge is 0.0461 e. The molecule has 0 saturated heterocycles. The summed E-state index contributed by atoms with van der Waals surface area (Å²) in [4.78, 5) is 4.57. The van der Waals surface area contributed by atoms with Crippen molar-refractivity contribution in [1.82, 2.24) is 0 Å². The van der Waals surface area contributed by atoms with Crippen molar-refractivity contribution in [1.29, 1.82) is 0 Å². The highest BCUT2D eigenvalue weighted by Crippen LogP contribution is 2.37. The van der Waals surface area contributed by atoms with Crippen LogP contribution in [0.25, 0.3) is 0 Å². The second kappa shape index (κ2) is 21.2. The maximum absolute atomic E-state index is 9.30. The largest absolute Gasteiger partial charge is 0.396 e. The number of aryl methyl sites for hydroxylation is 6. The summed E-state index contributed by atoms with van der Waals surface area (Å²) in [7, 11) is 0. The zero-order valence-electron chi connectivity index (χ0n) is 32.4. The van der Waals surface area contributed by atoms with Crippen molar-refractivity contribution >= 4 is 34.1 Å². The molecule has 0 saturated carbocycles. The van der Waals surface area contributed by atoms with E-state index in [-0.39, 0.29) is 26.4 Å². The molecule has 0 bridgehead atoms. The molecule has 0 fully saturated rings. The molecule has 6 nitrogen and oxygen atoms in total. The number of aliphatic hydroxyl groups excluding tert-OH is 4. The molecular weight excluding hydrogens is 693 g/mol. The van der Waals surface area contributed by atoms with Crippen LogP contribution < -0.4 is 9.80 Å². The molecule has 0 aliphatic rings. The van der Waals surface area contributed by atoms with Crippen LogP contribution >= 0.6 is 0 Å². The Bertz CT molecular complexity index is 1760. The van der Waals surface area contributed by atoms with E-state index in [2.05, 4.69) is 155 Å². The zero-order chi connectivity index (χ0) is 39.0. The molecule has 6 heteroatoms. The number of aliphatic hydroxyl groups is 4. The van der Waals surface area contributed by atoms with Crippen LogP contribution in [0.4, 0.5) is 34.1 Å². The first-order valence-electron chi connectivity index (χ1n) is 20.2. The fourth-order valence-electron chi connectivity index (χ4n) is 7.19. The summed E-state index contributed by atoms with van der Waals surface area (Å²) >= 11 is 0. The van der Waals surface area contributed by atoms with Crippen molar-refractivity contribution < 1.29 is 20.4 Å². The van der Waals surface area contributed by atoms with Gasteiger partial charge in [0.15, 0.2) is 0 Å². The van der Waals surface area contributed by atoms with Gasteiger partial charge in [-0.05, 0) is 170 Å². The van der Waals surface area contributed by atoms with E-state index < -0.39 is 0 Å². The van der Waals surface area contributed by atoms with Gasteiger partial charge in [0.1, 0.15) is 0 Å². The summed E-state index contributed by atoms with van der Waals surface area (Å²) in [6.45, 7) is 0.770. The third-order valence-corrected chi connectivity index (χ3v) is 10.4. The topological polar surface area (TPSA) is 87.4 Å². The molecule has 0 heterocycles. The maximum Gasteiger partial charge on any atom is 0.0461 e. The van der Waals surface area contributed by atoms with Gasteiger partial charge in [0.2, 0.25) is 0 Å². The van der Waals surface area contributed by atoms with Gasteiger partial charge in [0, 0.05) is 60.6 Å². The molecule has 0 unspecified atom stereocenters. The lowest BCUT2D eigenvalue weighted by atomic mass is 10.0. The minimum atomic E-state index is 0.193. The average molecular weight is 749 g/mol. The molecule has 6 rings (SSSR count). The second-order valence-electron chi connectivity index (χ2n) is 14.5. The van der Waals surface area contributed by atoms with Gasteiger partial charge in [0.05, 0.1) is 0 Å². The predicted octanol–water partition coefficient (Wildman–Crippen LogP) is 10.1. The molecule has 0 aliphatic heterocycles. The van der Waals surface area contributed by atoms with Crippen LogP contribution in [-0.4, -0.2) is 46.9 Å². The van der Waals surface area contributed by atoms with E-state index in [1.807, 2.05) is 0 Å². The van der Waals surface area contributed by atoms with Crippen LogP contribution in [0.3, 0.4) is 0 Å². The molecule has 0 aromatic heterocycles. The molecule has 0 atom stereocenters. The molecule has 0 radical (unpaired) electrons. The highest BCUT2D eigenvalue weighted by Gasteiger charge is 2.15. The summed E-state index contributed by atoms with van der Waals surface area (Å²) < 4.78 is 0. The lowest BCUT2D eigenvalue weighted by Gasteiger charge is -2.26. The Balaban J connectivity index is 1.17. The number of hydrogen-bond acceptors (Lipinski definition) is 6. The predicted molar refractivity (Wildman–Crippen MR) is 231 cm³/mol. The van der Waals surface area contributed by atoms with Gasteiger partial charge in [0.25, 0.3) is 0 Å². The number of nitrogens with zero attached hydrogens (tertiary/aromatic N) is 2. The molecule has 6 aromatic carbocycles. The SMILES string of the molecule is OCCCc1ccc(N(c2ccc(CCCO)cc2)c2ccc(CCc3ccc(N(c4ccc(CCCO)cc4)c4ccc(CCCO)cc4)cc3)cc2)cc1. The molecular formula is C50H56N2O4. The number of rotatable bonds is 21. The molecule has 4 N–H and O–H groups in total. The van der Waals surface area contributed by atoms with Gasteiger partial charge in [-0.15, -0.1) is 0 Å². The third kappa shape index (κ3) is 11.2. The quantitative estimate of drug-likeness (QED) is 0.0587. The van der Waals surface area contributed by atoms with Crippen LogP contribution in [-0.2, 0) is 38.5 Å². The van der Waals surface area contributed by atoms with Gasteiger partial charge in [-0.1, -0.05) is 72.8 Å². The molecule has 290 valence electrons. The Morgan fingerprint density at radius 2 is 0.393 bits per heavy atom. The highest BCUT2D eigenvalue weighted by atomic mass is 16.3. The fraction of sp³-hybridized carbons (Fsp3) is 0.280. The van der Waals surface area contributed by atoms with Gasteiger partial charge >= 0.3 is 0 Å². The van der Waals surface area contributed by atoms with Gasteiger partial charge < -0.3 is 30.2 Å². The van der Waals surface area contributed by atoms with E-state index in [1.165, 1.54) is 33.4 Å². The normalized spacial score (nSPS) is 11.1. The van der Waals surface area contributed by atoms with Crippen molar-refractivity contribution in [3.05, 3.63) is 179 Å². The van der Waals surface area contributed by atoms with E-state index in [9.17, 15) is 20.4 Å². The summed E-state index contributed by atoms with van der Waals surface area (Å²) in [5.74, 6) is 0. The Kier molecular flexibility index (Phi) is 15.3. The van der Waals surface area contributed by atoms with Gasteiger partial charge in [-0.2, -0.15) is 0 Å². The first-order chi connectivity index (χ1) is 27.6. The lowest BCUT2D eigenvalue weighted by Crippen LogP contribution is -2.10. The minimum Gasteiger partial charge on any atom is -0.396 e. The summed E-state index contributed by atoms with van der Waals surface area (Å²) in [6, 6.07) is 52.3. The van der Waals surface area contributed by atoms with Crippen molar-refractivity contribution in [3.8, 4) is 0 Å². The van der Waals surface area contributed by atoms with Crippen molar-refractivity contribution in [2.75, 3.05) is 36.2 Å². The molecule has 6 aromatic rings. The first-order valence-corrected chi connectivity index (χ1v) is 20.2. The van der Waals surface area contributed by atoms with E-state index >= 15 is 0 Å². The monoisotopic (exact) mass is 748 g/mol. The third-order valence-electron chi connectivity index (χ3n) is 10.4. The van der Waals surface area contributed by atoms with E-state index in [0.717, 1.165) is 98.3 Å². The summed E-state index contributed by atoms with van der Waals surface area (Å²) in [5, 5.41) is 37.2. The standard InChI is InChI=1S/C50H56N2O4/c53-35-1-5-39-11-23-45(24-12-39)51(46-25-13-40(14-26-46)6-2-36-54)49-31-19-43(20-32-49)9-10-44-21-33-50(34-22-44)52(47-27-15-41(16-28-47)7-3-37-55)48-29-17-42(18-30-48)8-4-38-56/h11-34,53-56H,1-10,35-38H2. The molecule has 0 aliphatic carbocycles. The number of hydrogen-bond donors (Lipinski definition) is 4. The highest BCUT2D eigenvalue weighted by molar-refractivity contribution is 5.78. The maximum atomic E-state index is 9.30. The van der Waals surface area contributed by atoms with Crippen LogP contribution in [0.2, 0.25) is 0 Å². The van der Waals surface area contributed by atoms with Crippen LogP contribution in [0, 0.1) is 0 Å². The number of benzene rings is 6.